The van der Waals surface area contributed by atoms with Crippen molar-refractivity contribution < 1.29 is 9.53 Å². The molecule has 1 N–H and O–H groups in total. The molecule has 2 aliphatic rings. The highest BCUT2D eigenvalue weighted by Gasteiger charge is 2.28. The lowest BCUT2D eigenvalue weighted by Crippen LogP contribution is -2.50. The van der Waals surface area contributed by atoms with Crippen molar-refractivity contribution >= 4 is 16.8 Å². The quantitative estimate of drug-likeness (QED) is 0.919. The van der Waals surface area contributed by atoms with Gasteiger partial charge in [-0.15, -0.1) is 0 Å². The van der Waals surface area contributed by atoms with E-state index in [1.807, 2.05) is 11.0 Å². The average molecular weight is 327 g/mol. The Morgan fingerprint density at radius 2 is 2.00 bits per heavy atom. The summed E-state index contributed by atoms with van der Waals surface area (Å²) in [6, 6.07) is 8.36. The molecule has 5 heteroatoms. The van der Waals surface area contributed by atoms with E-state index >= 15 is 0 Å². The Kier molecular flexibility index (Phi) is 4.06. The molecule has 0 aliphatic carbocycles. The molecule has 2 aliphatic heterocycles. The molecular formula is C19H25N3O2. The lowest BCUT2D eigenvalue weighted by molar-refractivity contribution is -0.136. The number of para-hydroxylation sites is 1. The molecular weight excluding hydrogens is 302 g/mol. The van der Waals surface area contributed by atoms with E-state index in [1.165, 1.54) is 22.2 Å². The van der Waals surface area contributed by atoms with E-state index in [9.17, 15) is 4.79 Å². The minimum Gasteiger partial charge on any atom is -0.373 e. The monoisotopic (exact) mass is 327 g/mol. The van der Waals surface area contributed by atoms with Gasteiger partial charge in [-0.1, -0.05) is 18.2 Å². The maximum Gasteiger partial charge on any atom is 0.237 e. The number of morpholine rings is 1. The number of H-pyrrole nitrogens is 1. The van der Waals surface area contributed by atoms with Gasteiger partial charge in [-0.3, -0.25) is 9.69 Å². The summed E-state index contributed by atoms with van der Waals surface area (Å²) in [6.45, 7) is 7.83. The fourth-order valence-corrected chi connectivity index (χ4v) is 4.08. The highest BCUT2D eigenvalue weighted by molar-refractivity contribution is 5.86. The first-order chi connectivity index (χ1) is 11.6. The molecule has 1 aromatic heterocycles. The number of fused-ring (bicyclic) bond motifs is 3. The van der Waals surface area contributed by atoms with Crippen LogP contribution in [0.3, 0.4) is 0 Å². The van der Waals surface area contributed by atoms with Crippen molar-refractivity contribution in [1.82, 2.24) is 14.8 Å². The SMILES string of the molecule is C[C@@H]1CN(CC(=O)N2CCc3[nH]c4ccccc4c3C2)C[C@@H](C)O1. The van der Waals surface area contributed by atoms with Crippen molar-refractivity contribution in [3.05, 3.63) is 35.5 Å². The molecule has 3 heterocycles. The summed E-state index contributed by atoms with van der Waals surface area (Å²) in [4.78, 5) is 20.5. The summed E-state index contributed by atoms with van der Waals surface area (Å²) in [6.07, 6.45) is 1.30. The van der Waals surface area contributed by atoms with Crippen LogP contribution < -0.4 is 0 Å². The molecule has 2 atom stereocenters. The molecule has 128 valence electrons. The van der Waals surface area contributed by atoms with Gasteiger partial charge >= 0.3 is 0 Å². The maximum atomic E-state index is 12.8. The van der Waals surface area contributed by atoms with Crippen molar-refractivity contribution in [3.8, 4) is 0 Å². The molecule has 0 bridgehead atoms. The van der Waals surface area contributed by atoms with Crippen LogP contribution in [-0.4, -0.2) is 59.1 Å². The van der Waals surface area contributed by atoms with Gasteiger partial charge in [0, 0.05) is 54.8 Å². The number of amides is 1. The van der Waals surface area contributed by atoms with E-state index in [-0.39, 0.29) is 18.1 Å². The van der Waals surface area contributed by atoms with Crippen molar-refractivity contribution in [2.24, 2.45) is 0 Å². The van der Waals surface area contributed by atoms with Crippen LogP contribution in [0.4, 0.5) is 0 Å². The highest BCUT2D eigenvalue weighted by Crippen LogP contribution is 2.27. The largest absolute Gasteiger partial charge is 0.373 e. The van der Waals surface area contributed by atoms with E-state index in [2.05, 4.69) is 41.9 Å². The Bertz CT molecular complexity index is 744. The summed E-state index contributed by atoms with van der Waals surface area (Å²) in [5.41, 5.74) is 3.75. The number of benzene rings is 1. The molecule has 0 radical (unpaired) electrons. The van der Waals surface area contributed by atoms with Gasteiger partial charge in [-0.05, 0) is 19.9 Å². The van der Waals surface area contributed by atoms with Crippen LogP contribution in [0.25, 0.3) is 10.9 Å². The highest BCUT2D eigenvalue weighted by atomic mass is 16.5. The van der Waals surface area contributed by atoms with Gasteiger partial charge in [0.25, 0.3) is 0 Å². The fourth-order valence-electron chi connectivity index (χ4n) is 4.08. The third kappa shape index (κ3) is 2.94. The van der Waals surface area contributed by atoms with Gasteiger partial charge in [0.1, 0.15) is 0 Å². The number of nitrogens with zero attached hydrogens (tertiary/aromatic N) is 2. The Morgan fingerprint density at radius 1 is 1.25 bits per heavy atom. The van der Waals surface area contributed by atoms with Crippen LogP contribution in [-0.2, 0) is 22.5 Å². The standard InChI is InChI=1S/C19H25N3O2/c1-13-9-21(10-14(2)24-13)12-19(23)22-8-7-18-16(11-22)15-5-3-4-6-17(15)20-18/h3-6,13-14,20H,7-12H2,1-2H3/t13-,14-/m1/s1. The number of hydrogen-bond acceptors (Lipinski definition) is 3. The van der Waals surface area contributed by atoms with E-state index in [0.29, 0.717) is 13.1 Å². The van der Waals surface area contributed by atoms with Gasteiger partial charge in [0.15, 0.2) is 0 Å². The van der Waals surface area contributed by atoms with E-state index in [0.717, 1.165) is 26.1 Å². The molecule has 0 spiro atoms. The normalized spacial score (nSPS) is 25.0. The molecule has 2 aromatic rings. The Balaban J connectivity index is 1.47. The number of aromatic amines is 1. The first kappa shape index (κ1) is 15.7. The maximum absolute atomic E-state index is 12.8. The number of hydrogen-bond donors (Lipinski definition) is 1. The lowest BCUT2D eigenvalue weighted by Gasteiger charge is -2.36. The molecule has 1 saturated heterocycles. The van der Waals surface area contributed by atoms with Gasteiger partial charge in [0.2, 0.25) is 5.91 Å². The third-order valence-electron chi connectivity index (χ3n) is 5.09. The van der Waals surface area contributed by atoms with Crippen molar-refractivity contribution in [1.29, 1.82) is 0 Å². The van der Waals surface area contributed by atoms with Gasteiger partial charge in [0.05, 0.1) is 18.8 Å². The molecule has 0 unspecified atom stereocenters. The molecule has 1 fully saturated rings. The Hall–Kier alpha value is -1.85. The second kappa shape index (κ2) is 6.22. The van der Waals surface area contributed by atoms with E-state index in [4.69, 9.17) is 4.74 Å². The number of carbonyl (C=O) groups excluding carboxylic acids is 1. The van der Waals surface area contributed by atoms with Crippen LogP contribution in [0.2, 0.25) is 0 Å². The lowest BCUT2D eigenvalue weighted by atomic mass is 10.0. The zero-order valence-electron chi connectivity index (χ0n) is 14.4. The van der Waals surface area contributed by atoms with Crippen LogP contribution >= 0.6 is 0 Å². The van der Waals surface area contributed by atoms with E-state index in [1.54, 1.807) is 0 Å². The van der Waals surface area contributed by atoms with Gasteiger partial charge in [-0.25, -0.2) is 0 Å². The predicted molar refractivity (Wildman–Crippen MR) is 93.9 cm³/mol. The number of nitrogens with one attached hydrogen (secondary N) is 1. The summed E-state index contributed by atoms with van der Waals surface area (Å²) in [7, 11) is 0. The summed E-state index contributed by atoms with van der Waals surface area (Å²) in [5.74, 6) is 0.229. The van der Waals surface area contributed by atoms with Crippen LogP contribution in [0, 0.1) is 0 Å². The van der Waals surface area contributed by atoms with Crippen molar-refractivity contribution in [3.63, 3.8) is 0 Å². The van der Waals surface area contributed by atoms with Crippen molar-refractivity contribution in [2.75, 3.05) is 26.2 Å². The van der Waals surface area contributed by atoms with Crippen LogP contribution in [0.5, 0.6) is 0 Å². The number of ether oxygens (including phenoxy) is 1. The molecule has 1 aromatic carbocycles. The predicted octanol–water partition coefficient (Wildman–Crippen LogP) is 2.16. The molecule has 5 nitrogen and oxygen atoms in total. The van der Waals surface area contributed by atoms with Gasteiger partial charge in [-0.2, -0.15) is 0 Å². The fraction of sp³-hybridized carbons (Fsp3) is 0.526. The van der Waals surface area contributed by atoms with Crippen LogP contribution in [0.15, 0.2) is 24.3 Å². The number of carbonyl (C=O) groups is 1. The minimum atomic E-state index is 0.197. The molecule has 0 saturated carbocycles. The zero-order chi connectivity index (χ0) is 16.7. The summed E-state index contributed by atoms with van der Waals surface area (Å²) < 4.78 is 5.76. The first-order valence-corrected chi connectivity index (χ1v) is 8.84. The summed E-state index contributed by atoms with van der Waals surface area (Å²) in [5, 5.41) is 1.25. The smallest absolute Gasteiger partial charge is 0.237 e. The Morgan fingerprint density at radius 3 is 2.79 bits per heavy atom. The molecule has 4 rings (SSSR count). The zero-order valence-corrected chi connectivity index (χ0v) is 14.4. The number of aromatic nitrogens is 1. The first-order valence-electron chi connectivity index (χ1n) is 8.84. The second-order valence-electron chi connectivity index (χ2n) is 7.14. The second-order valence-corrected chi connectivity index (χ2v) is 7.14. The van der Waals surface area contributed by atoms with Gasteiger partial charge < -0.3 is 14.6 Å². The topological polar surface area (TPSA) is 48.6 Å². The molecule has 1 amide bonds. The van der Waals surface area contributed by atoms with Crippen LogP contribution in [0.1, 0.15) is 25.1 Å². The molecule has 24 heavy (non-hydrogen) atoms. The number of rotatable bonds is 2. The summed E-state index contributed by atoms with van der Waals surface area (Å²) >= 11 is 0. The Labute approximate surface area is 142 Å². The minimum absolute atomic E-state index is 0.197. The van der Waals surface area contributed by atoms with E-state index < -0.39 is 0 Å². The average Bonchev–Trinajstić information content (AvgIpc) is 2.91. The third-order valence-corrected chi connectivity index (χ3v) is 5.09. The van der Waals surface area contributed by atoms with Crippen molar-refractivity contribution in [2.45, 2.75) is 39.0 Å².